The minimum atomic E-state index is -3.40. The van der Waals surface area contributed by atoms with E-state index in [1.54, 1.807) is 18.2 Å². The second-order valence-corrected chi connectivity index (χ2v) is 6.62. The fourth-order valence-corrected chi connectivity index (χ4v) is 2.97. The molecular weight excluding hydrogens is 300 g/mol. The molecule has 7 heteroatoms. The van der Waals surface area contributed by atoms with Crippen molar-refractivity contribution in [2.75, 3.05) is 30.7 Å². The molecule has 0 fully saturated rings. The van der Waals surface area contributed by atoms with Crippen LogP contribution in [0.2, 0.25) is 5.02 Å². The van der Waals surface area contributed by atoms with E-state index in [0.717, 1.165) is 13.0 Å². The van der Waals surface area contributed by atoms with Gasteiger partial charge in [0.25, 0.3) is 0 Å². The van der Waals surface area contributed by atoms with Crippen LogP contribution in [0.5, 0.6) is 5.75 Å². The lowest BCUT2D eigenvalue weighted by molar-refractivity contribution is 0.415. The summed E-state index contributed by atoms with van der Waals surface area (Å²) in [6, 6.07) is 4.84. The highest BCUT2D eigenvalue weighted by molar-refractivity contribution is 7.92. The van der Waals surface area contributed by atoms with E-state index in [0.29, 0.717) is 29.4 Å². The molecule has 20 heavy (non-hydrogen) atoms. The van der Waals surface area contributed by atoms with E-state index in [-0.39, 0.29) is 5.75 Å². The van der Waals surface area contributed by atoms with Crippen LogP contribution in [-0.2, 0) is 10.0 Å². The predicted octanol–water partition coefficient (Wildman–Crippen LogP) is 2.48. The fraction of sp³-hybridized carbons (Fsp3) is 0.538. The largest absolute Gasteiger partial charge is 0.497 e. The molecule has 2 N–H and O–H groups in total. The Bertz CT molecular complexity index is 520. The molecule has 0 bridgehead atoms. The summed E-state index contributed by atoms with van der Waals surface area (Å²) in [6.45, 7) is 3.64. The summed E-state index contributed by atoms with van der Waals surface area (Å²) in [7, 11) is -1.88. The van der Waals surface area contributed by atoms with Crippen LogP contribution in [0.15, 0.2) is 18.2 Å². The summed E-state index contributed by atoms with van der Waals surface area (Å²) in [5, 5.41) is 3.51. The minimum absolute atomic E-state index is 0.0528. The van der Waals surface area contributed by atoms with Crippen LogP contribution < -0.4 is 14.8 Å². The molecule has 1 aromatic carbocycles. The molecule has 0 atom stereocenters. The molecule has 0 aromatic heterocycles. The lowest BCUT2D eigenvalue weighted by atomic mass is 10.3. The molecule has 0 heterocycles. The molecule has 0 radical (unpaired) electrons. The van der Waals surface area contributed by atoms with Gasteiger partial charge in [-0.05, 0) is 38.1 Å². The van der Waals surface area contributed by atoms with E-state index in [9.17, 15) is 8.42 Å². The van der Waals surface area contributed by atoms with E-state index < -0.39 is 10.0 Å². The smallest absolute Gasteiger partial charge is 0.232 e. The van der Waals surface area contributed by atoms with Crippen molar-refractivity contribution >= 4 is 27.3 Å². The molecule has 1 aromatic rings. The zero-order chi connectivity index (χ0) is 15.0. The number of hydrogen-bond acceptors (Lipinski definition) is 4. The van der Waals surface area contributed by atoms with Gasteiger partial charge in [0.05, 0.1) is 23.6 Å². The van der Waals surface area contributed by atoms with Gasteiger partial charge in [-0.1, -0.05) is 18.5 Å². The molecule has 114 valence electrons. The van der Waals surface area contributed by atoms with E-state index in [4.69, 9.17) is 16.3 Å². The second-order valence-electron chi connectivity index (χ2n) is 4.37. The number of sulfonamides is 1. The quantitative estimate of drug-likeness (QED) is 0.686. The zero-order valence-corrected chi connectivity index (χ0v) is 13.4. The van der Waals surface area contributed by atoms with Crippen molar-refractivity contribution < 1.29 is 13.2 Å². The molecule has 0 saturated heterocycles. The van der Waals surface area contributed by atoms with Gasteiger partial charge in [-0.15, -0.1) is 0 Å². The number of nitrogens with one attached hydrogen (secondary N) is 2. The van der Waals surface area contributed by atoms with Crippen molar-refractivity contribution in [1.82, 2.24) is 5.32 Å². The maximum absolute atomic E-state index is 11.9. The van der Waals surface area contributed by atoms with Crippen molar-refractivity contribution in [3.05, 3.63) is 23.2 Å². The Morgan fingerprint density at radius 2 is 2.05 bits per heavy atom. The number of anilines is 1. The zero-order valence-electron chi connectivity index (χ0n) is 11.8. The van der Waals surface area contributed by atoms with Crippen molar-refractivity contribution in [3.8, 4) is 5.75 Å². The second kappa shape index (κ2) is 8.34. The summed E-state index contributed by atoms with van der Waals surface area (Å²) < 4.78 is 31.4. The van der Waals surface area contributed by atoms with Gasteiger partial charge < -0.3 is 10.1 Å². The average molecular weight is 321 g/mol. The van der Waals surface area contributed by atoms with Crippen LogP contribution in [0.4, 0.5) is 5.69 Å². The standard InChI is InChI=1S/C13H21ClN2O3S/c1-3-7-15-8-4-9-20(17,18)16-13-10-11(19-2)5-6-12(13)14/h5-6,10,15-16H,3-4,7-9H2,1-2H3. The third-order valence-electron chi connectivity index (χ3n) is 2.63. The van der Waals surface area contributed by atoms with Gasteiger partial charge in [0, 0.05) is 6.07 Å². The lowest BCUT2D eigenvalue weighted by Gasteiger charge is -2.11. The van der Waals surface area contributed by atoms with Gasteiger partial charge in [0.1, 0.15) is 5.75 Å². The maximum atomic E-state index is 11.9. The van der Waals surface area contributed by atoms with E-state index in [1.165, 1.54) is 7.11 Å². The average Bonchev–Trinajstić information content (AvgIpc) is 2.41. The highest BCUT2D eigenvalue weighted by atomic mass is 35.5. The van der Waals surface area contributed by atoms with Crippen LogP contribution in [0.3, 0.4) is 0 Å². The first kappa shape index (κ1) is 17.1. The Labute approximate surface area is 125 Å². The molecule has 0 spiro atoms. The molecule has 1 rings (SSSR count). The van der Waals surface area contributed by atoms with Gasteiger partial charge in [-0.2, -0.15) is 0 Å². The monoisotopic (exact) mass is 320 g/mol. The molecule has 0 aliphatic heterocycles. The van der Waals surface area contributed by atoms with Crippen LogP contribution in [0.1, 0.15) is 19.8 Å². The third-order valence-corrected chi connectivity index (χ3v) is 4.32. The van der Waals surface area contributed by atoms with E-state index >= 15 is 0 Å². The topological polar surface area (TPSA) is 67.4 Å². The summed E-state index contributed by atoms with van der Waals surface area (Å²) in [6.07, 6.45) is 1.58. The Balaban J connectivity index is 2.57. The summed E-state index contributed by atoms with van der Waals surface area (Å²) in [5.74, 6) is 0.605. The van der Waals surface area contributed by atoms with Crippen LogP contribution in [0, 0.1) is 0 Å². The Morgan fingerprint density at radius 1 is 1.30 bits per heavy atom. The van der Waals surface area contributed by atoms with Crippen molar-refractivity contribution in [1.29, 1.82) is 0 Å². The van der Waals surface area contributed by atoms with Crippen molar-refractivity contribution in [2.45, 2.75) is 19.8 Å². The third kappa shape index (κ3) is 5.98. The Kier molecular flexibility index (Phi) is 7.12. The Morgan fingerprint density at radius 3 is 2.70 bits per heavy atom. The molecule has 0 saturated carbocycles. The summed E-state index contributed by atoms with van der Waals surface area (Å²) in [4.78, 5) is 0. The number of hydrogen-bond donors (Lipinski definition) is 2. The molecule has 0 aliphatic rings. The first-order chi connectivity index (χ1) is 9.48. The highest BCUT2D eigenvalue weighted by Crippen LogP contribution is 2.27. The first-order valence-electron chi connectivity index (χ1n) is 6.53. The number of ether oxygens (including phenoxy) is 1. The predicted molar refractivity (Wildman–Crippen MR) is 83.2 cm³/mol. The molecular formula is C13H21ClN2O3S. The normalized spacial score (nSPS) is 11.3. The molecule has 0 amide bonds. The lowest BCUT2D eigenvalue weighted by Crippen LogP contribution is -2.22. The molecule has 0 unspecified atom stereocenters. The van der Waals surface area contributed by atoms with Crippen LogP contribution >= 0.6 is 11.6 Å². The number of halogens is 1. The van der Waals surface area contributed by atoms with Crippen molar-refractivity contribution in [3.63, 3.8) is 0 Å². The summed E-state index contributed by atoms with van der Waals surface area (Å²) >= 11 is 5.97. The van der Waals surface area contributed by atoms with Crippen molar-refractivity contribution in [2.24, 2.45) is 0 Å². The highest BCUT2D eigenvalue weighted by Gasteiger charge is 2.12. The molecule has 0 aliphatic carbocycles. The number of methoxy groups -OCH3 is 1. The van der Waals surface area contributed by atoms with Crippen LogP contribution in [-0.4, -0.2) is 34.4 Å². The summed E-state index contributed by atoms with van der Waals surface area (Å²) in [5.41, 5.74) is 0.340. The number of benzene rings is 1. The van der Waals surface area contributed by atoms with Gasteiger partial charge >= 0.3 is 0 Å². The molecule has 5 nitrogen and oxygen atoms in total. The Hall–Kier alpha value is -0.980. The van der Waals surface area contributed by atoms with E-state index in [1.807, 2.05) is 0 Å². The fourth-order valence-electron chi connectivity index (χ4n) is 1.62. The maximum Gasteiger partial charge on any atom is 0.232 e. The van der Waals surface area contributed by atoms with Gasteiger partial charge in [0.2, 0.25) is 10.0 Å². The van der Waals surface area contributed by atoms with E-state index in [2.05, 4.69) is 17.0 Å². The van der Waals surface area contributed by atoms with Crippen LogP contribution in [0.25, 0.3) is 0 Å². The number of rotatable bonds is 9. The first-order valence-corrected chi connectivity index (χ1v) is 8.56. The minimum Gasteiger partial charge on any atom is -0.497 e. The van der Waals surface area contributed by atoms with Gasteiger partial charge in [-0.25, -0.2) is 8.42 Å². The SMILES string of the molecule is CCCNCCCS(=O)(=O)Nc1cc(OC)ccc1Cl. The van der Waals surface area contributed by atoms with Gasteiger partial charge in [0.15, 0.2) is 0 Å². The van der Waals surface area contributed by atoms with Gasteiger partial charge in [-0.3, -0.25) is 4.72 Å².